The Kier molecular flexibility index (Phi) is 5.48. The molecule has 0 fully saturated rings. The molecule has 0 aliphatic carbocycles. The van der Waals surface area contributed by atoms with Gasteiger partial charge in [0.05, 0.1) is 5.69 Å². The number of anilines is 2. The van der Waals surface area contributed by atoms with Crippen molar-refractivity contribution >= 4 is 56.3 Å². The van der Waals surface area contributed by atoms with E-state index >= 15 is 0 Å². The van der Waals surface area contributed by atoms with Crippen LogP contribution in [-0.2, 0) is 4.79 Å². The van der Waals surface area contributed by atoms with Crippen LogP contribution in [0.25, 0.3) is 10.2 Å². The second-order valence-corrected chi connectivity index (χ2v) is 7.79. The Balaban J connectivity index is 2.08. The molecule has 0 unspecified atom stereocenters. The minimum atomic E-state index is -0.364. The van der Waals surface area contributed by atoms with Crippen molar-refractivity contribution in [3.8, 4) is 0 Å². The first-order valence-corrected chi connectivity index (χ1v) is 9.80. The molecule has 7 heteroatoms. The number of alkyl halides is 1. The van der Waals surface area contributed by atoms with Crippen LogP contribution < -0.4 is 10.6 Å². The number of pyridine rings is 1. The Hall–Kier alpha value is -2.44. The van der Waals surface area contributed by atoms with Gasteiger partial charge in [0.15, 0.2) is 0 Å². The number of thiophene rings is 1. The molecule has 0 spiro atoms. The van der Waals surface area contributed by atoms with Crippen LogP contribution >= 0.6 is 22.9 Å². The lowest BCUT2D eigenvalue weighted by Gasteiger charge is -2.10. The molecule has 3 rings (SSSR count). The largest absolute Gasteiger partial charge is 0.323 e. The number of amides is 2. The van der Waals surface area contributed by atoms with Crippen LogP contribution in [-0.4, -0.2) is 22.7 Å². The van der Waals surface area contributed by atoms with Crippen LogP contribution in [0.3, 0.4) is 0 Å². The van der Waals surface area contributed by atoms with Gasteiger partial charge in [0.2, 0.25) is 5.91 Å². The molecule has 2 amide bonds. The molecule has 0 radical (unpaired) electrons. The van der Waals surface area contributed by atoms with Gasteiger partial charge in [0, 0.05) is 16.8 Å². The summed E-state index contributed by atoms with van der Waals surface area (Å²) >= 11 is 6.92. The minimum absolute atomic E-state index is 0.187. The SMILES string of the molecule is Cc1ccc(NC(=O)c2sc3nc(C)cc(C)c3c2NC(=O)CCl)c(C)c1. The summed E-state index contributed by atoms with van der Waals surface area (Å²) in [6.45, 7) is 7.78. The van der Waals surface area contributed by atoms with Gasteiger partial charge in [0.1, 0.15) is 15.6 Å². The highest BCUT2D eigenvalue weighted by atomic mass is 35.5. The molecule has 2 heterocycles. The van der Waals surface area contributed by atoms with E-state index in [2.05, 4.69) is 15.6 Å². The fourth-order valence-corrected chi connectivity index (χ4v) is 4.24. The van der Waals surface area contributed by atoms with Crippen molar-refractivity contribution in [2.45, 2.75) is 27.7 Å². The number of benzene rings is 1. The van der Waals surface area contributed by atoms with Gasteiger partial charge in [-0.15, -0.1) is 22.9 Å². The van der Waals surface area contributed by atoms with Gasteiger partial charge in [-0.25, -0.2) is 4.98 Å². The zero-order valence-corrected chi connectivity index (χ0v) is 17.1. The van der Waals surface area contributed by atoms with Crippen LogP contribution in [0.15, 0.2) is 24.3 Å². The van der Waals surface area contributed by atoms with Gasteiger partial charge in [-0.05, 0) is 51.0 Å². The van der Waals surface area contributed by atoms with Gasteiger partial charge in [0.25, 0.3) is 5.91 Å². The van der Waals surface area contributed by atoms with E-state index < -0.39 is 0 Å². The fourth-order valence-electron chi connectivity index (χ4n) is 3.03. The maximum absolute atomic E-state index is 13.0. The number of fused-ring (bicyclic) bond motifs is 1. The number of carbonyl (C=O) groups excluding carboxylic acids is 2. The van der Waals surface area contributed by atoms with Crippen molar-refractivity contribution < 1.29 is 9.59 Å². The van der Waals surface area contributed by atoms with E-state index in [4.69, 9.17) is 11.6 Å². The third-order valence-corrected chi connectivity index (χ3v) is 5.53. The summed E-state index contributed by atoms with van der Waals surface area (Å²) < 4.78 is 0. The fraction of sp³-hybridized carbons (Fsp3) is 0.250. The summed E-state index contributed by atoms with van der Waals surface area (Å²) in [4.78, 5) is 30.6. The molecule has 0 saturated carbocycles. The first-order valence-electron chi connectivity index (χ1n) is 8.45. The van der Waals surface area contributed by atoms with Crippen molar-refractivity contribution in [1.29, 1.82) is 0 Å². The quantitative estimate of drug-likeness (QED) is 0.607. The number of aromatic nitrogens is 1. The number of hydrogen-bond donors (Lipinski definition) is 2. The molecule has 0 saturated heterocycles. The molecule has 3 aromatic rings. The third-order valence-electron chi connectivity index (χ3n) is 4.21. The first kappa shape index (κ1) is 19.3. The molecule has 1 aromatic carbocycles. The highest BCUT2D eigenvalue weighted by Crippen LogP contribution is 2.38. The summed E-state index contributed by atoms with van der Waals surface area (Å²) in [5.74, 6) is -0.836. The molecule has 27 heavy (non-hydrogen) atoms. The van der Waals surface area contributed by atoms with Crippen molar-refractivity contribution in [2.75, 3.05) is 16.5 Å². The molecule has 0 atom stereocenters. The van der Waals surface area contributed by atoms with Gasteiger partial charge < -0.3 is 10.6 Å². The van der Waals surface area contributed by atoms with E-state index in [1.807, 2.05) is 52.0 Å². The first-order chi connectivity index (χ1) is 12.8. The lowest BCUT2D eigenvalue weighted by atomic mass is 10.1. The standard InChI is InChI=1S/C20H20ClN3O2S/c1-10-5-6-14(11(2)7-10)23-19(26)18-17(24-15(25)9-21)16-12(3)8-13(4)22-20(16)27-18/h5-8H,9H2,1-4H3,(H,23,26)(H,24,25). The second-order valence-electron chi connectivity index (χ2n) is 6.52. The van der Waals surface area contributed by atoms with E-state index in [0.717, 1.165) is 33.5 Å². The lowest BCUT2D eigenvalue weighted by Crippen LogP contribution is -2.17. The van der Waals surface area contributed by atoms with E-state index in [0.29, 0.717) is 15.4 Å². The van der Waals surface area contributed by atoms with Gasteiger partial charge in [-0.3, -0.25) is 9.59 Å². The molecule has 2 aromatic heterocycles. The van der Waals surface area contributed by atoms with Crippen molar-refractivity contribution in [1.82, 2.24) is 4.98 Å². The highest BCUT2D eigenvalue weighted by molar-refractivity contribution is 7.21. The monoisotopic (exact) mass is 401 g/mol. The summed E-state index contributed by atoms with van der Waals surface area (Å²) in [5.41, 5.74) is 5.10. The number of halogens is 1. The van der Waals surface area contributed by atoms with Crippen LogP contribution in [0.2, 0.25) is 0 Å². The van der Waals surface area contributed by atoms with Gasteiger partial charge >= 0.3 is 0 Å². The van der Waals surface area contributed by atoms with Crippen molar-refractivity contribution in [2.24, 2.45) is 0 Å². The summed E-state index contributed by atoms with van der Waals surface area (Å²) in [6.07, 6.45) is 0. The molecule has 5 nitrogen and oxygen atoms in total. The van der Waals surface area contributed by atoms with E-state index in [9.17, 15) is 9.59 Å². The topological polar surface area (TPSA) is 71.1 Å². The normalized spacial score (nSPS) is 10.9. The zero-order chi connectivity index (χ0) is 19.7. The molecule has 0 aliphatic rings. The van der Waals surface area contributed by atoms with Crippen LogP contribution in [0.4, 0.5) is 11.4 Å². The Morgan fingerprint density at radius 1 is 1.07 bits per heavy atom. The molecule has 140 valence electrons. The Labute approximate surface area is 166 Å². The summed E-state index contributed by atoms with van der Waals surface area (Å²) in [6, 6.07) is 7.75. The summed E-state index contributed by atoms with van der Waals surface area (Å²) in [7, 11) is 0. The van der Waals surface area contributed by atoms with Crippen molar-refractivity contribution in [3.05, 3.63) is 51.5 Å². The smallest absolute Gasteiger partial charge is 0.267 e. The summed E-state index contributed by atoms with van der Waals surface area (Å²) in [5, 5.41) is 6.49. The maximum atomic E-state index is 13.0. The third kappa shape index (κ3) is 3.96. The Bertz CT molecular complexity index is 1060. The number of aryl methyl sites for hydroxylation is 4. The Morgan fingerprint density at radius 2 is 1.81 bits per heavy atom. The minimum Gasteiger partial charge on any atom is -0.323 e. The molecule has 2 N–H and O–H groups in total. The van der Waals surface area contributed by atoms with Crippen LogP contribution in [0, 0.1) is 27.7 Å². The maximum Gasteiger partial charge on any atom is 0.267 e. The van der Waals surface area contributed by atoms with Gasteiger partial charge in [-0.1, -0.05) is 17.7 Å². The van der Waals surface area contributed by atoms with E-state index in [-0.39, 0.29) is 17.7 Å². The number of carbonyl (C=O) groups is 2. The van der Waals surface area contributed by atoms with Crippen LogP contribution in [0.1, 0.15) is 32.1 Å². The number of hydrogen-bond acceptors (Lipinski definition) is 4. The van der Waals surface area contributed by atoms with Crippen molar-refractivity contribution in [3.63, 3.8) is 0 Å². The Morgan fingerprint density at radius 3 is 2.48 bits per heavy atom. The highest BCUT2D eigenvalue weighted by Gasteiger charge is 2.23. The predicted octanol–water partition coefficient (Wildman–Crippen LogP) is 4.96. The molecular formula is C20H20ClN3O2S. The van der Waals surface area contributed by atoms with Gasteiger partial charge in [-0.2, -0.15) is 0 Å². The number of rotatable bonds is 4. The van der Waals surface area contributed by atoms with E-state index in [1.165, 1.54) is 11.3 Å². The average molecular weight is 402 g/mol. The average Bonchev–Trinajstić information content (AvgIpc) is 2.95. The predicted molar refractivity (Wildman–Crippen MR) is 112 cm³/mol. The zero-order valence-electron chi connectivity index (χ0n) is 15.6. The number of nitrogens with one attached hydrogen (secondary N) is 2. The van der Waals surface area contributed by atoms with Crippen LogP contribution in [0.5, 0.6) is 0 Å². The second kappa shape index (κ2) is 7.66. The number of nitrogens with zero attached hydrogens (tertiary/aromatic N) is 1. The molecule has 0 bridgehead atoms. The van der Waals surface area contributed by atoms with E-state index in [1.54, 1.807) is 0 Å². The molecular weight excluding hydrogens is 382 g/mol. The molecule has 0 aliphatic heterocycles. The lowest BCUT2D eigenvalue weighted by molar-refractivity contribution is -0.113.